The average Bonchev–Trinajstić information content (AvgIpc) is 2.65. The molecule has 1 fully saturated rings. The van der Waals surface area contributed by atoms with Crippen LogP contribution < -0.4 is 11.1 Å². The molecule has 1 aromatic rings. The maximum atomic E-state index is 5.64. The number of benzene rings is 1. The molecule has 0 saturated carbocycles. The third kappa shape index (κ3) is 2.81. The second kappa shape index (κ2) is 4.35. The van der Waals surface area contributed by atoms with Crippen molar-refractivity contribution in [2.75, 3.05) is 23.3 Å². The van der Waals surface area contributed by atoms with Gasteiger partial charge in [0.05, 0.1) is 0 Å². The summed E-state index contributed by atoms with van der Waals surface area (Å²) in [5, 5.41) is 3.48. The van der Waals surface area contributed by atoms with Crippen LogP contribution in [0.4, 0.5) is 11.4 Å². The Morgan fingerprint density at radius 3 is 2.73 bits per heavy atom. The van der Waals surface area contributed by atoms with Gasteiger partial charge in [0.1, 0.15) is 0 Å². The Morgan fingerprint density at radius 1 is 1.40 bits per heavy atom. The Kier molecular flexibility index (Phi) is 3.10. The van der Waals surface area contributed by atoms with E-state index in [1.54, 1.807) is 0 Å². The second-order valence-corrected chi connectivity index (χ2v) is 6.06. The monoisotopic (exact) mass is 222 g/mol. The van der Waals surface area contributed by atoms with E-state index in [1.807, 2.05) is 24.3 Å². The van der Waals surface area contributed by atoms with E-state index >= 15 is 0 Å². The molecule has 1 aromatic carbocycles. The Morgan fingerprint density at radius 2 is 2.13 bits per heavy atom. The third-order valence-corrected chi connectivity index (χ3v) is 4.42. The van der Waals surface area contributed by atoms with Crippen LogP contribution in [0.25, 0.3) is 0 Å². The molecule has 0 radical (unpaired) electrons. The highest BCUT2D eigenvalue weighted by atomic mass is 32.2. The molecule has 82 valence electrons. The first-order valence-corrected chi connectivity index (χ1v) is 6.40. The lowest BCUT2D eigenvalue weighted by molar-refractivity contribution is 0.635. The normalized spacial score (nSPS) is 25.4. The lowest BCUT2D eigenvalue weighted by Crippen LogP contribution is -2.26. The molecule has 0 aromatic heterocycles. The molecule has 0 amide bonds. The van der Waals surface area contributed by atoms with Crippen molar-refractivity contribution in [3.05, 3.63) is 24.3 Å². The zero-order valence-corrected chi connectivity index (χ0v) is 9.94. The number of hydrogen-bond acceptors (Lipinski definition) is 3. The number of anilines is 2. The van der Waals surface area contributed by atoms with Crippen LogP contribution in [0.15, 0.2) is 24.3 Å². The van der Waals surface area contributed by atoms with Crippen LogP contribution in [-0.4, -0.2) is 17.0 Å². The SMILES string of the molecule is CC1(CNc2ccc(N)cc2)CCCS1. The maximum Gasteiger partial charge on any atom is 0.0342 e. The molecule has 1 heterocycles. The Labute approximate surface area is 95.6 Å². The van der Waals surface area contributed by atoms with Crippen LogP contribution >= 0.6 is 11.8 Å². The number of rotatable bonds is 3. The van der Waals surface area contributed by atoms with Gasteiger partial charge < -0.3 is 11.1 Å². The van der Waals surface area contributed by atoms with E-state index in [2.05, 4.69) is 24.0 Å². The molecular weight excluding hydrogens is 204 g/mol. The standard InChI is InChI=1S/C12H18N2S/c1-12(7-2-8-15-12)9-14-11-5-3-10(13)4-6-11/h3-6,14H,2,7-9,13H2,1H3. The fourth-order valence-corrected chi connectivity index (χ4v) is 3.11. The van der Waals surface area contributed by atoms with Gasteiger partial charge in [-0.1, -0.05) is 0 Å². The van der Waals surface area contributed by atoms with Crippen LogP contribution in [0, 0.1) is 0 Å². The molecule has 15 heavy (non-hydrogen) atoms. The third-order valence-electron chi connectivity index (χ3n) is 2.88. The van der Waals surface area contributed by atoms with Crippen molar-refractivity contribution >= 4 is 23.1 Å². The summed E-state index contributed by atoms with van der Waals surface area (Å²) in [6.45, 7) is 3.39. The van der Waals surface area contributed by atoms with Gasteiger partial charge in [0.25, 0.3) is 0 Å². The molecule has 1 atom stereocenters. The average molecular weight is 222 g/mol. The zero-order valence-electron chi connectivity index (χ0n) is 9.12. The minimum Gasteiger partial charge on any atom is -0.399 e. The van der Waals surface area contributed by atoms with Crippen molar-refractivity contribution in [1.29, 1.82) is 0 Å². The van der Waals surface area contributed by atoms with Crippen molar-refractivity contribution < 1.29 is 0 Å². The highest BCUT2D eigenvalue weighted by Crippen LogP contribution is 2.37. The molecule has 1 aliphatic rings. The minimum absolute atomic E-state index is 0.418. The van der Waals surface area contributed by atoms with Crippen LogP contribution in [0.1, 0.15) is 19.8 Å². The Hall–Kier alpha value is -0.830. The lowest BCUT2D eigenvalue weighted by Gasteiger charge is -2.23. The summed E-state index contributed by atoms with van der Waals surface area (Å²) < 4.78 is 0.418. The summed E-state index contributed by atoms with van der Waals surface area (Å²) in [7, 11) is 0. The summed E-state index contributed by atoms with van der Waals surface area (Å²) in [6, 6.07) is 7.95. The zero-order chi connectivity index (χ0) is 10.7. The summed E-state index contributed by atoms with van der Waals surface area (Å²) in [4.78, 5) is 0. The predicted octanol–water partition coefficient (Wildman–Crippen LogP) is 2.97. The summed E-state index contributed by atoms with van der Waals surface area (Å²) >= 11 is 2.08. The van der Waals surface area contributed by atoms with Gasteiger partial charge in [-0.25, -0.2) is 0 Å². The topological polar surface area (TPSA) is 38.0 Å². The molecule has 3 heteroatoms. The van der Waals surface area contributed by atoms with Crippen molar-refractivity contribution in [2.24, 2.45) is 0 Å². The molecule has 0 bridgehead atoms. The van der Waals surface area contributed by atoms with Crippen molar-refractivity contribution in [2.45, 2.75) is 24.5 Å². The summed E-state index contributed by atoms with van der Waals surface area (Å²) in [5.41, 5.74) is 7.63. The number of nitrogens with one attached hydrogen (secondary N) is 1. The van der Waals surface area contributed by atoms with Crippen LogP contribution in [0.3, 0.4) is 0 Å². The second-order valence-electron chi connectivity index (χ2n) is 4.38. The predicted molar refractivity (Wildman–Crippen MR) is 69.4 cm³/mol. The smallest absolute Gasteiger partial charge is 0.0342 e. The van der Waals surface area contributed by atoms with Gasteiger partial charge in [0.15, 0.2) is 0 Å². The molecule has 0 spiro atoms. The molecule has 2 rings (SSSR count). The fourth-order valence-electron chi connectivity index (χ4n) is 1.87. The van der Waals surface area contributed by atoms with Gasteiger partial charge >= 0.3 is 0 Å². The van der Waals surface area contributed by atoms with Crippen LogP contribution in [0.5, 0.6) is 0 Å². The van der Waals surface area contributed by atoms with Crippen LogP contribution in [-0.2, 0) is 0 Å². The van der Waals surface area contributed by atoms with E-state index in [4.69, 9.17) is 5.73 Å². The first-order valence-electron chi connectivity index (χ1n) is 5.41. The van der Waals surface area contributed by atoms with Gasteiger partial charge in [-0.3, -0.25) is 0 Å². The number of nitrogen functional groups attached to an aromatic ring is 1. The first-order chi connectivity index (χ1) is 7.18. The Balaban J connectivity index is 1.90. The molecule has 2 nitrogen and oxygen atoms in total. The maximum absolute atomic E-state index is 5.64. The number of hydrogen-bond donors (Lipinski definition) is 2. The molecule has 1 saturated heterocycles. The Bertz CT molecular complexity index is 315. The van der Waals surface area contributed by atoms with E-state index in [0.29, 0.717) is 4.75 Å². The van der Waals surface area contributed by atoms with Crippen molar-refractivity contribution in [3.8, 4) is 0 Å². The van der Waals surface area contributed by atoms with Crippen molar-refractivity contribution in [3.63, 3.8) is 0 Å². The molecule has 1 unspecified atom stereocenters. The van der Waals surface area contributed by atoms with Gasteiger partial charge in [0.2, 0.25) is 0 Å². The van der Waals surface area contributed by atoms with E-state index in [1.165, 1.54) is 18.6 Å². The van der Waals surface area contributed by atoms with E-state index < -0.39 is 0 Å². The molecular formula is C12H18N2S. The highest BCUT2D eigenvalue weighted by Gasteiger charge is 2.28. The minimum atomic E-state index is 0.418. The molecule has 1 aliphatic heterocycles. The van der Waals surface area contributed by atoms with Gasteiger partial charge in [0, 0.05) is 22.7 Å². The first kappa shape index (κ1) is 10.7. The van der Waals surface area contributed by atoms with Gasteiger partial charge in [-0.05, 0) is 49.8 Å². The van der Waals surface area contributed by atoms with E-state index in [-0.39, 0.29) is 0 Å². The molecule has 3 N–H and O–H groups in total. The number of thioether (sulfide) groups is 1. The summed E-state index contributed by atoms with van der Waals surface area (Å²) in [6.07, 6.45) is 2.67. The fraction of sp³-hybridized carbons (Fsp3) is 0.500. The molecule has 0 aliphatic carbocycles. The van der Waals surface area contributed by atoms with Gasteiger partial charge in [-0.2, -0.15) is 11.8 Å². The van der Waals surface area contributed by atoms with E-state index in [9.17, 15) is 0 Å². The van der Waals surface area contributed by atoms with Gasteiger partial charge in [-0.15, -0.1) is 0 Å². The van der Waals surface area contributed by atoms with Crippen LogP contribution in [0.2, 0.25) is 0 Å². The largest absolute Gasteiger partial charge is 0.399 e. The van der Waals surface area contributed by atoms with Crippen molar-refractivity contribution in [1.82, 2.24) is 0 Å². The lowest BCUT2D eigenvalue weighted by atomic mass is 10.1. The number of nitrogens with two attached hydrogens (primary N) is 1. The van der Waals surface area contributed by atoms with E-state index in [0.717, 1.165) is 17.9 Å². The quantitative estimate of drug-likeness (QED) is 0.772. The highest BCUT2D eigenvalue weighted by molar-refractivity contribution is 8.00. The summed E-state index contributed by atoms with van der Waals surface area (Å²) in [5.74, 6) is 1.31.